The number of carbonyl (C=O) groups excluding carboxylic acids is 1. The number of Topliss-reactive ketones (excluding diaryl/α,β-unsaturated/α-hetero) is 1. The molecule has 0 bridgehead atoms. The first-order chi connectivity index (χ1) is 7.29. The van der Waals surface area contributed by atoms with E-state index in [4.69, 9.17) is 0 Å². The zero-order valence-electron chi connectivity index (χ0n) is 9.44. The summed E-state index contributed by atoms with van der Waals surface area (Å²) in [6.45, 7) is 3.91. The van der Waals surface area contributed by atoms with Crippen LogP contribution in [0.3, 0.4) is 0 Å². The van der Waals surface area contributed by atoms with Gasteiger partial charge < -0.3 is 0 Å². The van der Waals surface area contributed by atoms with E-state index in [-0.39, 0.29) is 5.92 Å². The number of ketones is 1. The molecule has 1 atom stereocenters. The summed E-state index contributed by atoms with van der Waals surface area (Å²) in [5.74, 6) is 0.353. The quantitative estimate of drug-likeness (QED) is 0.665. The van der Waals surface area contributed by atoms with Gasteiger partial charge in [-0.2, -0.15) is 0 Å². The molecule has 0 radical (unpaired) electrons. The van der Waals surface area contributed by atoms with Crippen molar-refractivity contribution in [1.82, 2.24) is 0 Å². The van der Waals surface area contributed by atoms with Crippen LogP contribution in [0, 0.1) is 0 Å². The van der Waals surface area contributed by atoms with E-state index in [0.29, 0.717) is 12.2 Å². The minimum Gasteiger partial charge on any atom is -0.299 e. The zero-order chi connectivity index (χ0) is 11.1. The number of benzene rings is 1. The lowest BCUT2D eigenvalue weighted by Crippen LogP contribution is -2.10. The number of hydrogen-bond donors (Lipinski definition) is 0. The maximum absolute atomic E-state index is 11.8. The predicted molar refractivity (Wildman–Crippen MR) is 63.9 cm³/mol. The molecular formula is C14H18O. The SMILES string of the molecule is C/C=C/CC(C(=O)CC)c1ccccc1. The van der Waals surface area contributed by atoms with Gasteiger partial charge in [-0.25, -0.2) is 0 Å². The first kappa shape index (κ1) is 11.7. The largest absolute Gasteiger partial charge is 0.299 e. The van der Waals surface area contributed by atoms with E-state index in [0.717, 1.165) is 12.0 Å². The van der Waals surface area contributed by atoms with Gasteiger partial charge in [0.15, 0.2) is 0 Å². The Bertz CT molecular complexity index is 324. The summed E-state index contributed by atoms with van der Waals surface area (Å²) in [6.07, 6.45) is 5.48. The second-order valence-corrected chi connectivity index (χ2v) is 3.59. The Balaban J connectivity index is 2.86. The van der Waals surface area contributed by atoms with Gasteiger partial charge in [-0.1, -0.05) is 49.4 Å². The molecule has 0 saturated carbocycles. The van der Waals surface area contributed by atoms with E-state index in [1.807, 2.05) is 50.3 Å². The molecule has 1 heteroatoms. The Kier molecular flexibility index (Phi) is 4.82. The standard InChI is InChI=1S/C14H18O/c1-3-5-11-13(14(15)4-2)12-9-7-6-8-10-12/h3,5-10,13H,4,11H2,1-2H3/b5-3+. The number of rotatable bonds is 5. The maximum Gasteiger partial charge on any atom is 0.140 e. The molecule has 1 nitrogen and oxygen atoms in total. The fourth-order valence-corrected chi connectivity index (χ4v) is 1.66. The smallest absolute Gasteiger partial charge is 0.140 e. The topological polar surface area (TPSA) is 17.1 Å². The first-order valence-corrected chi connectivity index (χ1v) is 5.48. The van der Waals surface area contributed by atoms with Crippen LogP contribution in [0.2, 0.25) is 0 Å². The molecule has 0 aliphatic heterocycles. The van der Waals surface area contributed by atoms with Gasteiger partial charge in [0.1, 0.15) is 5.78 Å². The van der Waals surface area contributed by atoms with Gasteiger partial charge in [0.2, 0.25) is 0 Å². The van der Waals surface area contributed by atoms with Crippen LogP contribution in [0.4, 0.5) is 0 Å². The fourth-order valence-electron chi connectivity index (χ4n) is 1.66. The molecule has 0 heterocycles. The summed E-state index contributed by atoms with van der Waals surface area (Å²) >= 11 is 0. The van der Waals surface area contributed by atoms with Crippen molar-refractivity contribution in [3.8, 4) is 0 Å². The van der Waals surface area contributed by atoms with E-state index >= 15 is 0 Å². The minimum atomic E-state index is 0.0346. The monoisotopic (exact) mass is 202 g/mol. The third-order valence-electron chi connectivity index (χ3n) is 2.55. The molecule has 0 fully saturated rings. The molecule has 15 heavy (non-hydrogen) atoms. The first-order valence-electron chi connectivity index (χ1n) is 5.48. The van der Waals surface area contributed by atoms with Gasteiger partial charge in [0.25, 0.3) is 0 Å². The molecule has 0 aliphatic rings. The number of allylic oxidation sites excluding steroid dienone is 2. The van der Waals surface area contributed by atoms with Crippen LogP contribution in [-0.2, 0) is 4.79 Å². The predicted octanol–water partition coefficient (Wildman–Crippen LogP) is 3.72. The zero-order valence-corrected chi connectivity index (χ0v) is 9.44. The van der Waals surface area contributed by atoms with Crippen molar-refractivity contribution < 1.29 is 4.79 Å². The summed E-state index contributed by atoms with van der Waals surface area (Å²) in [7, 11) is 0. The third-order valence-corrected chi connectivity index (χ3v) is 2.55. The van der Waals surface area contributed by atoms with E-state index in [1.165, 1.54) is 0 Å². The average molecular weight is 202 g/mol. The average Bonchev–Trinajstić information content (AvgIpc) is 2.30. The van der Waals surface area contributed by atoms with E-state index in [9.17, 15) is 4.79 Å². The molecule has 0 aliphatic carbocycles. The fraction of sp³-hybridized carbons (Fsp3) is 0.357. The molecule has 0 N–H and O–H groups in total. The van der Waals surface area contributed by atoms with Crippen LogP contribution < -0.4 is 0 Å². The lowest BCUT2D eigenvalue weighted by molar-refractivity contribution is -0.120. The van der Waals surface area contributed by atoms with Crippen molar-refractivity contribution >= 4 is 5.78 Å². The van der Waals surface area contributed by atoms with Crippen LogP contribution in [0.5, 0.6) is 0 Å². The molecule has 1 unspecified atom stereocenters. The molecule has 80 valence electrons. The van der Waals surface area contributed by atoms with Crippen LogP contribution in [0.15, 0.2) is 42.5 Å². The summed E-state index contributed by atoms with van der Waals surface area (Å²) in [4.78, 5) is 11.8. The second-order valence-electron chi connectivity index (χ2n) is 3.59. The van der Waals surface area contributed by atoms with E-state index in [1.54, 1.807) is 0 Å². The van der Waals surface area contributed by atoms with Crippen molar-refractivity contribution in [2.45, 2.75) is 32.6 Å². The Morgan fingerprint density at radius 2 is 2.00 bits per heavy atom. The number of hydrogen-bond acceptors (Lipinski definition) is 1. The van der Waals surface area contributed by atoms with E-state index in [2.05, 4.69) is 6.08 Å². The van der Waals surface area contributed by atoms with Crippen molar-refractivity contribution in [2.75, 3.05) is 0 Å². The van der Waals surface area contributed by atoms with Gasteiger partial charge in [0, 0.05) is 12.3 Å². The molecule has 0 saturated heterocycles. The Hall–Kier alpha value is -1.37. The van der Waals surface area contributed by atoms with Gasteiger partial charge in [-0.3, -0.25) is 4.79 Å². The summed E-state index contributed by atoms with van der Waals surface area (Å²) in [5.41, 5.74) is 1.13. The van der Waals surface area contributed by atoms with Crippen LogP contribution >= 0.6 is 0 Å². The van der Waals surface area contributed by atoms with Crippen LogP contribution in [-0.4, -0.2) is 5.78 Å². The van der Waals surface area contributed by atoms with Crippen LogP contribution in [0.25, 0.3) is 0 Å². The molecule has 1 rings (SSSR count). The highest BCUT2D eigenvalue weighted by molar-refractivity contribution is 5.85. The molecular weight excluding hydrogens is 184 g/mol. The molecule has 1 aromatic rings. The highest BCUT2D eigenvalue weighted by Gasteiger charge is 2.16. The van der Waals surface area contributed by atoms with Crippen molar-refractivity contribution in [3.05, 3.63) is 48.0 Å². The maximum atomic E-state index is 11.8. The molecule has 0 amide bonds. The summed E-state index contributed by atoms with van der Waals surface area (Å²) in [6, 6.07) is 10.0. The normalized spacial score (nSPS) is 12.9. The van der Waals surface area contributed by atoms with E-state index < -0.39 is 0 Å². The Labute approximate surface area is 91.8 Å². The molecule has 1 aromatic carbocycles. The van der Waals surface area contributed by atoms with Crippen molar-refractivity contribution in [1.29, 1.82) is 0 Å². The lowest BCUT2D eigenvalue weighted by atomic mass is 9.90. The summed E-state index contributed by atoms with van der Waals surface area (Å²) < 4.78 is 0. The lowest BCUT2D eigenvalue weighted by Gasteiger charge is -2.13. The third kappa shape index (κ3) is 3.35. The molecule has 0 spiro atoms. The van der Waals surface area contributed by atoms with Gasteiger partial charge >= 0.3 is 0 Å². The number of carbonyl (C=O) groups is 1. The van der Waals surface area contributed by atoms with Gasteiger partial charge in [-0.15, -0.1) is 0 Å². The highest BCUT2D eigenvalue weighted by Crippen LogP contribution is 2.22. The van der Waals surface area contributed by atoms with Crippen LogP contribution in [0.1, 0.15) is 38.2 Å². The van der Waals surface area contributed by atoms with Crippen molar-refractivity contribution in [3.63, 3.8) is 0 Å². The second kappa shape index (κ2) is 6.18. The Morgan fingerprint density at radius 3 is 2.53 bits per heavy atom. The highest BCUT2D eigenvalue weighted by atomic mass is 16.1. The van der Waals surface area contributed by atoms with Gasteiger partial charge in [0.05, 0.1) is 0 Å². The summed E-state index contributed by atoms with van der Waals surface area (Å²) in [5, 5.41) is 0. The minimum absolute atomic E-state index is 0.0346. The van der Waals surface area contributed by atoms with Gasteiger partial charge in [-0.05, 0) is 18.9 Å². The van der Waals surface area contributed by atoms with Crippen molar-refractivity contribution in [2.24, 2.45) is 0 Å². The Morgan fingerprint density at radius 1 is 1.33 bits per heavy atom. The molecule has 0 aromatic heterocycles.